The summed E-state index contributed by atoms with van der Waals surface area (Å²) in [6.45, 7) is 4.43. The van der Waals surface area contributed by atoms with Crippen molar-refractivity contribution in [3.8, 4) is 16.2 Å². The first kappa shape index (κ1) is 15.8. The number of ether oxygens (including phenoxy) is 1. The number of hydrogen-bond acceptors (Lipinski definition) is 3. The van der Waals surface area contributed by atoms with Crippen LogP contribution in [0.5, 0.6) is 5.75 Å². The van der Waals surface area contributed by atoms with Crippen molar-refractivity contribution in [2.75, 3.05) is 7.11 Å². The summed E-state index contributed by atoms with van der Waals surface area (Å²) in [6, 6.07) is 8.17. The first-order valence-electron chi connectivity index (χ1n) is 7.58. The zero-order valence-corrected chi connectivity index (χ0v) is 13.9. The maximum absolute atomic E-state index is 5.20. The Morgan fingerprint density at radius 1 is 1.19 bits per heavy atom. The van der Waals surface area contributed by atoms with Crippen LogP contribution in [0, 0.1) is 0 Å². The Morgan fingerprint density at radius 3 is 2.57 bits per heavy atom. The monoisotopic (exact) mass is 301 g/mol. The predicted molar refractivity (Wildman–Crippen MR) is 91.9 cm³/mol. The second-order valence-corrected chi connectivity index (χ2v) is 6.06. The minimum atomic E-state index is 0.887. The Labute approximate surface area is 131 Å². The van der Waals surface area contributed by atoms with Gasteiger partial charge in [0.25, 0.3) is 0 Å². The zero-order valence-electron chi connectivity index (χ0n) is 13.1. The van der Waals surface area contributed by atoms with Crippen molar-refractivity contribution < 1.29 is 4.74 Å². The van der Waals surface area contributed by atoms with Gasteiger partial charge in [0.15, 0.2) is 0 Å². The van der Waals surface area contributed by atoms with E-state index >= 15 is 0 Å². The second-order valence-electron chi connectivity index (χ2n) is 5.03. The molecule has 0 aliphatic rings. The normalized spacial score (nSPS) is 11.7. The summed E-state index contributed by atoms with van der Waals surface area (Å²) >= 11 is 1.78. The highest BCUT2D eigenvalue weighted by molar-refractivity contribution is 7.16. The van der Waals surface area contributed by atoms with E-state index < -0.39 is 0 Å². The van der Waals surface area contributed by atoms with Crippen LogP contribution in [0.4, 0.5) is 0 Å². The van der Waals surface area contributed by atoms with E-state index in [2.05, 4.69) is 37.0 Å². The lowest BCUT2D eigenvalue weighted by Gasteiger charge is -2.02. The molecule has 1 heterocycles. The van der Waals surface area contributed by atoms with Gasteiger partial charge in [0.2, 0.25) is 0 Å². The molecule has 0 amide bonds. The summed E-state index contributed by atoms with van der Waals surface area (Å²) in [7, 11) is 1.69. The average Bonchev–Trinajstić information content (AvgIpc) is 3.01. The summed E-state index contributed by atoms with van der Waals surface area (Å²) in [5.41, 5.74) is 2.59. The first-order chi connectivity index (χ1) is 10.3. The molecule has 3 heteroatoms. The van der Waals surface area contributed by atoms with Gasteiger partial charge in [0, 0.05) is 6.20 Å². The molecule has 2 rings (SSSR count). The van der Waals surface area contributed by atoms with Gasteiger partial charge in [-0.05, 0) is 48.2 Å². The molecule has 21 heavy (non-hydrogen) atoms. The molecule has 0 unspecified atom stereocenters. The van der Waals surface area contributed by atoms with Crippen LogP contribution in [0.15, 0.2) is 36.5 Å². The Morgan fingerprint density at radius 2 is 1.95 bits per heavy atom. The van der Waals surface area contributed by atoms with Crippen molar-refractivity contribution in [3.63, 3.8) is 0 Å². The van der Waals surface area contributed by atoms with Crippen molar-refractivity contribution in [1.29, 1.82) is 0 Å². The molecule has 0 fully saturated rings. The highest BCUT2D eigenvalue weighted by Crippen LogP contribution is 2.32. The molecule has 0 N–H and O–H groups in total. The number of nitrogens with zero attached hydrogens (tertiary/aromatic N) is 1. The number of hydrogen-bond donors (Lipinski definition) is 0. The zero-order chi connectivity index (χ0) is 15.1. The molecular formula is C18H23NOS. The molecule has 0 saturated heterocycles. The fourth-order valence-electron chi connectivity index (χ4n) is 2.20. The van der Waals surface area contributed by atoms with Gasteiger partial charge in [-0.1, -0.05) is 32.8 Å². The second kappa shape index (κ2) is 7.99. The van der Waals surface area contributed by atoms with Crippen LogP contribution < -0.4 is 4.74 Å². The van der Waals surface area contributed by atoms with Gasteiger partial charge in [-0.3, -0.25) is 0 Å². The molecule has 0 bridgehead atoms. The van der Waals surface area contributed by atoms with E-state index in [4.69, 9.17) is 4.74 Å². The van der Waals surface area contributed by atoms with Crippen molar-refractivity contribution in [2.45, 2.75) is 39.5 Å². The van der Waals surface area contributed by atoms with Gasteiger partial charge in [-0.2, -0.15) is 0 Å². The fourth-order valence-corrected chi connectivity index (χ4v) is 3.19. The van der Waals surface area contributed by atoms with Crippen molar-refractivity contribution in [3.05, 3.63) is 41.5 Å². The van der Waals surface area contributed by atoms with E-state index in [-0.39, 0.29) is 0 Å². The van der Waals surface area contributed by atoms with Crippen molar-refractivity contribution in [1.82, 2.24) is 4.98 Å². The number of thiazole rings is 1. The minimum absolute atomic E-state index is 0.887. The van der Waals surface area contributed by atoms with Crippen LogP contribution in [-0.4, -0.2) is 12.1 Å². The van der Waals surface area contributed by atoms with Gasteiger partial charge in [0.05, 0.1) is 12.0 Å². The number of benzene rings is 1. The van der Waals surface area contributed by atoms with E-state index in [0.29, 0.717) is 0 Å². The highest BCUT2D eigenvalue weighted by Gasteiger charge is 2.08. The molecule has 1 aromatic heterocycles. The topological polar surface area (TPSA) is 22.1 Å². The lowest BCUT2D eigenvalue weighted by Crippen LogP contribution is -1.83. The number of aromatic nitrogens is 1. The van der Waals surface area contributed by atoms with Crippen molar-refractivity contribution in [2.24, 2.45) is 0 Å². The van der Waals surface area contributed by atoms with E-state index in [1.54, 1.807) is 18.4 Å². The molecule has 2 nitrogen and oxygen atoms in total. The maximum Gasteiger partial charge on any atom is 0.119 e. The Bertz CT molecular complexity index is 584. The predicted octanol–water partition coefficient (Wildman–Crippen LogP) is 5.80. The molecule has 0 radical (unpaired) electrons. The summed E-state index contributed by atoms with van der Waals surface area (Å²) in [4.78, 5) is 5.84. The Balaban J connectivity index is 2.22. The molecule has 112 valence electrons. The number of rotatable bonds is 7. The smallest absolute Gasteiger partial charge is 0.119 e. The molecule has 0 aliphatic heterocycles. The van der Waals surface area contributed by atoms with Gasteiger partial charge in [-0.25, -0.2) is 4.98 Å². The van der Waals surface area contributed by atoms with Crippen LogP contribution in [-0.2, 0) is 0 Å². The molecule has 1 aromatic carbocycles. The van der Waals surface area contributed by atoms with Crippen LogP contribution >= 0.6 is 11.3 Å². The lowest BCUT2D eigenvalue weighted by molar-refractivity contribution is 0.415. The van der Waals surface area contributed by atoms with E-state index in [1.165, 1.54) is 22.4 Å². The van der Waals surface area contributed by atoms with E-state index in [0.717, 1.165) is 30.0 Å². The fraction of sp³-hybridized carbons (Fsp3) is 0.389. The first-order valence-corrected chi connectivity index (χ1v) is 8.39. The van der Waals surface area contributed by atoms with E-state index in [1.807, 2.05) is 18.3 Å². The average molecular weight is 301 g/mol. The quantitative estimate of drug-likeness (QED) is 0.644. The van der Waals surface area contributed by atoms with Crippen LogP contribution in [0.2, 0.25) is 0 Å². The standard InChI is InChI=1S/C18H23NOS/c1-4-6-8-15(7-5-2)18-19-13-17(21-18)14-9-11-16(20-3)12-10-14/h8-13H,4-7H2,1-3H3/b15-8+. The van der Waals surface area contributed by atoms with Crippen LogP contribution in [0.25, 0.3) is 16.0 Å². The third kappa shape index (κ3) is 4.18. The number of allylic oxidation sites excluding steroid dienone is 2. The highest BCUT2D eigenvalue weighted by atomic mass is 32.1. The molecule has 2 aromatic rings. The molecule has 0 spiro atoms. The molecule has 0 atom stereocenters. The largest absolute Gasteiger partial charge is 0.497 e. The van der Waals surface area contributed by atoms with Crippen LogP contribution in [0.3, 0.4) is 0 Å². The summed E-state index contributed by atoms with van der Waals surface area (Å²) in [5, 5.41) is 1.16. The SMILES string of the molecule is CCC/C=C(\CCC)c1ncc(-c2ccc(OC)cc2)s1. The Hall–Kier alpha value is -1.61. The summed E-state index contributed by atoms with van der Waals surface area (Å²) in [5.74, 6) is 0.887. The lowest BCUT2D eigenvalue weighted by atomic mass is 10.1. The molecular weight excluding hydrogens is 278 g/mol. The van der Waals surface area contributed by atoms with Crippen LogP contribution in [0.1, 0.15) is 44.5 Å². The maximum atomic E-state index is 5.20. The third-order valence-corrected chi connectivity index (χ3v) is 4.48. The number of methoxy groups -OCH3 is 1. The summed E-state index contributed by atoms with van der Waals surface area (Å²) < 4.78 is 5.20. The third-order valence-electron chi connectivity index (χ3n) is 3.35. The van der Waals surface area contributed by atoms with E-state index in [9.17, 15) is 0 Å². The van der Waals surface area contributed by atoms with Gasteiger partial charge in [0.1, 0.15) is 10.8 Å². The number of unbranched alkanes of at least 4 members (excludes halogenated alkanes) is 1. The summed E-state index contributed by atoms with van der Waals surface area (Å²) in [6.07, 6.45) is 8.91. The van der Waals surface area contributed by atoms with Gasteiger partial charge in [-0.15, -0.1) is 11.3 Å². The van der Waals surface area contributed by atoms with Gasteiger partial charge >= 0.3 is 0 Å². The van der Waals surface area contributed by atoms with Gasteiger partial charge < -0.3 is 4.74 Å². The molecule has 0 aliphatic carbocycles. The Kier molecular flexibility index (Phi) is 6.00. The molecule has 0 saturated carbocycles. The van der Waals surface area contributed by atoms with Crippen molar-refractivity contribution >= 4 is 16.9 Å². The minimum Gasteiger partial charge on any atom is -0.497 e.